The van der Waals surface area contributed by atoms with Gasteiger partial charge in [-0.2, -0.15) is 0 Å². The van der Waals surface area contributed by atoms with Crippen LogP contribution in [0.5, 0.6) is 5.75 Å². The van der Waals surface area contributed by atoms with Gasteiger partial charge in [-0.05, 0) is 54.9 Å². The number of phenolic OH excluding ortho intramolecular Hbond substituents is 1. The van der Waals surface area contributed by atoms with Gasteiger partial charge < -0.3 is 25.2 Å². The van der Waals surface area contributed by atoms with E-state index < -0.39 is 18.1 Å². The number of amides is 2. The zero-order valence-electron chi connectivity index (χ0n) is 20.1. The molecule has 1 aliphatic heterocycles. The molecule has 8 heteroatoms. The molecular formula is C26H38N2O6. The molecule has 1 heterocycles. The number of rotatable bonds is 10. The van der Waals surface area contributed by atoms with E-state index in [2.05, 4.69) is 5.32 Å². The Morgan fingerprint density at radius 2 is 1.82 bits per heavy atom. The Kier molecular flexibility index (Phi) is 9.74. The highest BCUT2D eigenvalue weighted by molar-refractivity contribution is 5.91. The average molecular weight is 475 g/mol. The lowest BCUT2D eigenvalue weighted by atomic mass is 9.82. The summed E-state index contributed by atoms with van der Waals surface area (Å²) < 4.78 is 5.01. The molecule has 3 rings (SSSR count). The van der Waals surface area contributed by atoms with Crippen LogP contribution in [-0.2, 0) is 32.1 Å². The quantitative estimate of drug-likeness (QED) is 0.355. The van der Waals surface area contributed by atoms with Crippen LogP contribution in [0.1, 0.15) is 75.3 Å². The SMILES string of the molecule is COC(=O)[C@@H]1Cc2ccc(O)cc2CN1C(=O)[C@@H](NC(=O)CCCCCCO)C1CCCCC1. The fraction of sp³-hybridized carbons (Fsp3) is 0.654. The largest absolute Gasteiger partial charge is 0.508 e. The topological polar surface area (TPSA) is 116 Å². The first-order valence-corrected chi connectivity index (χ1v) is 12.5. The number of aliphatic hydroxyl groups is 1. The van der Waals surface area contributed by atoms with E-state index in [9.17, 15) is 19.5 Å². The fourth-order valence-electron chi connectivity index (χ4n) is 5.17. The van der Waals surface area contributed by atoms with Gasteiger partial charge in [-0.15, -0.1) is 0 Å². The number of nitrogens with zero attached hydrogens (tertiary/aromatic N) is 1. The maximum absolute atomic E-state index is 13.9. The summed E-state index contributed by atoms with van der Waals surface area (Å²) in [5.41, 5.74) is 1.70. The lowest BCUT2D eigenvalue weighted by Gasteiger charge is -2.39. The molecular weight excluding hydrogens is 436 g/mol. The summed E-state index contributed by atoms with van der Waals surface area (Å²) in [5, 5.41) is 21.9. The highest BCUT2D eigenvalue weighted by atomic mass is 16.5. The van der Waals surface area contributed by atoms with E-state index in [1.807, 2.05) is 0 Å². The first-order valence-electron chi connectivity index (χ1n) is 12.5. The first-order chi connectivity index (χ1) is 16.4. The second-order valence-corrected chi connectivity index (χ2v) is 9.49. The van der Waals surface area contributed by atoms with Crippen molar-refractivity contribution in [3.8, 4) is 5.75 Å². The van der Waals surface area contributed by atoms with Gasteiger partial charge >= 0.3 is 5.97 Å². The minimum atomic E-state index is -0.768. The monoisotopic (exact) mass is 474 g/mol. The van der Waals surface area contributed by atoms with Crippen molar-refractivity contribution < 1.29 is 29.3 Å². The minimum Gasteiger partial charge on any atom is -0.508 e. The van der Waals surface area contributed by atoms with Crippen LogP contribution in [-0.4, -0.2) is 58.7 Å². The number of nitrogens with one attached hydrogen (secondary N) is 1. The molecule has 1 aromatic carbocycles. The van der Waals surface area contributed by atoms with E-state index in [0.717, 1.165) is 62.5 Å². The summed E-state index contributed by atoms with van der Waals surface area (Å²) >= 11 is 0. The van der Waals surface area contributed by atoms with Crippen LogP contribution in [0.4, 0.5) is 0 Å². The highest BCUT2D eigenvalue weighted by Crippen LogP contribution is 2.31. The molecule has 188 valence electrons. The number of unbranched alkanes of at least 4 members (excludes halogenated alkanes) is 3. The molecule has 0 radical (unpaired) electrons. The third-order valence-corrected chi connectivity index (χ3v) is 7.09. The number of aliphatic hydroxyl groups excluding tert-OH is 1. The Bertz CT molecular complexity index is 852. The smallest absolute Gasteiger partial charge is 0.328 e. The number of methoxy groups -OCH3 is 1. The van der Waals surface area contributed by atoms with E-state index in [0.29, 0.717) is 19.3 Å². The van der Waals surface area contributed by atoms with Crippen LogP contribution in [0, 0.1) is 5.92 Å². The molecule has 1 saturated carbocycles. The third kappa shape index (κ3) is 6.72. The van der Waals surface area contributed by atoms with Crippen LogP contribution in [0.25, 0.3) is 0 Å². The minimum absolute atomic E-state index is 0.0310. The molecule has 34 heavy (non-hydrogen) atoms. The van der Waals surface area contributed by atoms with Gasteiger partial charge in [0, 0.05) is 26.0 Å². The van der Waals surface area contributed by atoms with Crippen LogP contribution >= 0.6 is 0 Å². The van der Waals surface area contributed by atoms with Gasteiger partial charge in [-0.25, -0.2) is 4.79 Å². The fourth-order valence-corrected chi connectivity index (χ4v) is 5.17. The number of ether oxygens (including phenoxy) is 1. The van der Waals surface area contributed by atoms with Gasteiger partial charge in [-0.1, -0.05) is 38.2 Å². The van der Waals surface area contributed by atoms with E-state index in [1.54, 1.807) is 18.2 Å². The number of phenols is 1. The third-order valence-electron chi connectivity index (χ3n) is 7.09. The zero-order valence-corrected chi connectivity index (χ0v) is 20.1. The molecule has 0 bridgehead atoms. The summed E-state index contributed by atoms with van der Waals surface area (Å²) in [6.45, 7) is 0.338. The molecule has 3 N–H and O–H groups in total. The van der Waals surface area contributed by atoms with Gasteiger partial charge in [0.25, 0.3) is 0 Å². The number of aromatic hydroxyl groups is 1. The predicted octanol–water partition coefficient (Wildman–Crippen LogP) is 2.83. The maximum atomic E-state index is 13.9. The van der Waals surface area contributed by atoms with Crippen molar-refractivity contribution in [2.75, 3.05) is 13.7 Å². The Morgan fingerprint density at radius 3 is 2.53 bits per heavy atom. The second-order valence-electron chi connectivity index (χ2n) is 9.49. The number of fused-ring (bicyclic) bond motifs is 1. The number of hydrogen-bond donors (Lipinski definition) is 3. The van der Waals surface area contributed by atoms with Crippen LogP contribution in [0.3, 0.4) is 0 Å². The Labute approximate surface area is 201 Å². The zero-order chi connectivity index (χ0) is 24.5. The van der Waals surface area contributed by atoms with Gasteiger partial charge in [0.1, 0.15) is 17.8 Å². The lowest BCUT2D eigenvalue weighted by molar-refractivity contribution is -0.155. The molecule has 0 unspecified atom stereocenters. The summed E-state index contributed by atoms with van der Waals surface area (Å²) in [5.74, 6) is -0.753. The van der Waals surface area contributed by atoms with Crippen molar-refractivity contribution in [3.05, 3.63) is 29.3 Å². The molecule has 2 atom stereocenters. The van der Waals surface area contributed by atoms with Gasteiger partial charge in [-0.3, -0.25) is 9.59 Å². The van der Waals surface area contributed by atoms with Crippen LogP contribution in [0.15, 0.2) is 18.2 Å². The molecule has 1 aromatic rings. The Hall–Kier alpha value is -2.61. The first kappa shape index (κ1) is 26.0. The van der Waals surface area contributed by atoms with Crippen LogP contribution < -0.4 is 5.32 Å². The van der Waals surface area contributed by atoms with E-state index >= 15 is 0 Å². The summed E-state index contributed by atoms with van der Waals surface area (Å²) in [6.07, 6.45) is 8.68. The average Bonchev–Trinajstić information content (AvgIpc) is 2.86. The van der Waals surface area contributed by atoms with E-state index in [4.69, 9.17) is 9.84 Å². The molecule has 8 nitrogen and oxygen atoms in total. The normalized spacial score (nSPS) is 19.2. The number of hydrogen-bond acceptors (Lipinski definition) is 6. The van der Waals surface area contributed by atoms with Gasteiger partial charge in [0.15, 0.2) is 0 Å². The van der Waals surface area contributed by atoms with Crippen LogP contribution in [0.2, 0.25) is 0 Å². The molecule has 0 aromatic heterocycles. The van der Waals surface area contributed by atoms with Crippen molar-refractivity contribution >= 4 is 17.8 Å². The molecule has 1 aliphatic carbocycles. The van der Waals surface area contributed by atoms with E-state index in [1.165, 1.54) is 12.0 Å². The summed E-state index contributed by atoms with van der Waals surface area (Å²) in [4.78, 5) is 40.8. The van der Waals surface area contributed by atoms with Crippen molar-refractivity contribution in [2.45, 2.75) is 89.3 Å². The van der Waals surface area contributed by atoms with Crippen molar-refractivity contribution in [2.24, 2.45) is 5.92 Å². The second kappa shape index (κ2) is 12.7. The number of benzene rings is 1. The maximum Gasteiger partial charge on any atom is 0.328 e. The van der Waals surface area contributed by atoms with Gasteiger partial charge in [0.2, 0.25) is 11.8 Å². The Morgan fingerprint density at radius 1 is 1.09 bits per heavy atom. The number of esters is 1. The van der Waals surface area contributed by atoms with Crippen molar-refractivity contribution in [3.63, 3.8) is 0 Å². The van der Waals surface area contributed by atoms with Gasteiger partial charge in [0.05, 0.1) is 7.11 Å². The van der Waals surface area contributed by atoms with Crippen molar-refractivity contribution in [1.82, 2.24) is 10.2 Å². The molecule has 2 amide bonds. The number of carbonyl (C=O) groups excluding carboxylic acids is 3. The summed E-state index contributed by atoms with van der Waals surface area (Å²) in [7, 11) is 1.31. The molecule has 1 fully saturated rings. The Balaban J connectivity index is 1.78. The highest BCUT2D eigenvalue weighted by Gasteiger charge is 2.41. The molecule has 0 spiro atoms. The number of carbonyl (C=O) groups is 3. The molecule has 2 aliphatic rings. The van der Waals surface area contributed by atoms with E-state index in [-0.39, 0.29) is 36.6 Å². The lowest BCUT2D eigenvalue weighted by Crippen LogP contribution is -2.58. The molecule has 0 saturated heterocycles. The standard InChI is InChI=1S/C26H38N2O6/c1-34-26(33)22-16-19-12-13-21(30)15-20(19)17-28(22)25(32)24(18-9-5-4-6-10-18)27-23(31)11-7-2-3-8-14-29/h12-13,15,18,22,24,29-30H,2-11,14,16-17H2,1H3,(H,27,31)/t22-,24-/m0/s1. The summed E-state index contributed by atoms with van der Waals surface area (Å²) in [6, 6.07) is 3.53. The predicted molar refractivity (Wildman–Crippen MR) is 127 cm³/mol. The van der Waals surface area contributed by atoms with Crippen molar-refractivity contribution in [1.29, 1.82) is 0 Å².